The summed E-state index contributed by atoms with van der Waals surface area (Å²) >= 11 is 7.34. The van der Waals surface area contributed by atoms with Crippen molar-refractivity contribution in [1.29, 1.82) is 0 Å². The van der Waals surface area contributed by atoms with Crippen molar-refractivity contribution in [2.75, 3.05) is 0 Å². The lowest BCUT2D eigenvalue weighted by Crippen LogP contribution is -2.06. The van der Waals surface area contributed by atoms with Crippen molar-refractivity contribution in [3.63, 3.8) is 0 Å². The molecule has 2 heterocycles. The maximum Gasteiger partial charge on any atom is 0.358 e. The molecule has 1 aromatic carbocycles. The molecule has 3 rings (SSSR count). The molecule has 0 aliphatic heterocycles. The summed E-state index contributed by atoms with van der Waals surface area (Å²) in [4.78, 5) is 20.4. The largest absolute Gasteiger partial charge is 0.454 e. The first-order chi connectivity index (χ1) is 10.7. The van der Waals surface area contributed by atoms with Crippen LogP contribution >= 0.6 is 22.9 Å². The van der Waals surface area contributed by atoms with Crippen LogP contribution in [0.1, 0.15) is 16.2 Å². The third-order valence-electron chi connectivity index (χ3n) is 2.86. The van der Waals surface area contributed by atoms with Crippen LogP contribution in [0.3, 0.4) is 0 Å². The molecule has 0 unspecified atom stereocenters. The molecule has 0 atom stereocenters. The van der Waals surface area contributed by atoms with Gasteiger partial charge in [0.05, 0.1) is 5.69 Å². The topological polar surface area (TPSA) is 52.1 Å². The zero-order valence-corrected chi connectivity index (χ0v) is 13.0. The fourth-order valence-corrected chi connectivity index (χ4v) is 2.80. The number of rotatable bonds is 4. The van der Waals surface area contributed by atoms with Gasteiger partial charge in [-0.1, -0.05) is 29.8 Å². The molecule has 110 valence electrons. The lowest BCUT2D eigenvalue weighted by atomic mass is 10.2. The van der Waals surface area contributed by atoms with Crippen LogP contribution in [-0.2, 0) is 11.3 Å². The Morgan fingerprint density at radius 1 is 1.23 bits per heavy atom. The molecular formula is C16H11ClN2O2S. The quantitative estimate of drug-likeness (QED) is 0.672. The predicted molar refractivity (Wildman–Crippen MR) is 85.9 cm³/mol. The maximum absolute atomic E-state index is 12.0. The van der Waals surface area contributed by atoms with Crippen LogP contribution in [0.2, 0.25) is 5.02 Å². The highest BCUT2D eigenvalue weighted by Gasteiger charge is 2.13. The minimum atomic E-state index is -0.463. The summed E-state index contributed by atoms with van der Waals surface area (Å²) in [7, 11) is 0. The van der Waals surface area contributed by atoms with Crippen molar-refractivity contribution >= 4 is 28.9 Å². The van der Waals surface area contributed by atoms with Gasteiger partial charge >= 0.3 is 5.97 Å². The van der Waals surface area contributed by atoms with Crippen LogP contribution in [0.5, 0.6) is 0 Å². The lowest BCUT2D eigenvalue weighted by molar-refractivity contribution is 0.0462. The normalized spacial score (nSPS) is 10.4. The molecule has 0 amide bonds. The predicted octanol–water partition coefficient (Wildman–Crippen LogP) is 4.22. The van der Waals surface area contributed by atoms with Crippen LogP contribution in [0, 0.1) is 0 Å². The number of esters is 1. The molecule has 0 saturated heterocycles. The van der Waals surface area contributed by atoms with Gasteiger partial charge in [0, 0.05) is 22.2 Å². The number of carbonyl (C=O) groups excluding carboxylic acids is 1. The Bertz CT molecular complexity index is 790. The Labute approximate surface area is 136 Å². The van der Waals surface area contributed by atoms with E-state index in [1.165, 1.54) is 11.3 Å². The second kappa shape index (κ2) is 6.68. The van der Waals surface area contributed by atoms with Crippen molar-refractivity contribution in [1.82, 2.24) is 9.97 Å². The number of nitrogens with zero attached hydrogens (tertiary/aromatic N) is 2. The van der Waals surface area contributed by atoms with Crippen molar-refractivity contribution < 1.29 is 9.53 Å². The number of ether oxygens (including phenoxy) is 1. The summed E-state index contributed by atoms with van der Waals surface area (Å²) in [6.45, 7) is 0.129. The molecule has 0 aliphatic carbocycles. The minimum absolute atomic E-state index is 0.129. The van der Waals surface area contributed by atoms with E-state index in [1.54, 1.807) is 23.7 Å². The second-order valence-corrected chi connectivity index (χ2v) is 5.74. The van der Waals surface area contributed by atoms with Gasteiger partial charge in [0.2, 0.25) is 0 Å². The summed E-state index contributed by atoms with van der Waals surface area (Å²) in [5, 5.41) is 3.04. The molecule has 0 fully saturated rings. The first-order valence-electron chi connectivity index (χ1n) is 6.51. The fraction of sp³-hybridized carbons (Fsp3) is 0.0625. The van der Waals surface area contributed by atoms with Gasteiger partial charge in [0.15, 0.2) is 5.69 Å². The van der Waals surface area contributed by atoms with Gasteiger partial charge in [0.1, 0.15) is 11.6 Å². The van der Waals surface area contributed by atoms with Crippen LogP contribution < -0.4 is 0 Å². The van der Waals surface area contributed by atoms with E-state index in [-0.39, 0.29) is 12.3 Å². The zero-order chi connectivity index (χ0) is 15.4. The van der Waals surface area contributed by atoms with Gasteiger partial charge in [-0.25, -0.2) is 9.78 Å². The van der Waals surface area contributed by atoms with Crippen LogP contribution in [0.4, 0.5) is 0 Å². The van der Waals surface area contributed by atoms with E-state index >= 15 is 0 Å². The highest BCUT2D eigenvalue weighted by Crippen LogP contribution is 2.26. The average Bonchev–Trinajstić information content (AvgIpc) is 3.04. The minimum Gasteiger partial charge on any atom is -0.454 e. The van der Waals surface area contributed by atoms with E-state index in [9.17, 15) is 4.79 Å². The fourth-order valence-electron chi connectivity index (χ4n) is 1.82. The number of halogens is 1. The summed E-state index contributed by atoms with van der Waals surface area (Å²) in [5.41, 5.74) is 1.86. The number of hydrogen-bond donors (Lipinski definition) is 0. The molecule has 4 nitrogen and oxygen atoms in total. The Kier molecular flexibility index (Phi) is 4.46. The van der Waals surface area contributed by atoms with Crippen LogP contribution in [0.15, 0.2) is 54.0 Å². The van der Waals surface area contributed by atoms with Crippen LogP contribution in [0.25, 0.3) is 10.6 Å². The van der Waals surface area contributed by atoms with Gasteiger partial charge in [-0.05, 0) is 24.3 Å². The summed E-state index contributed by atoms with van der Waals surface area (Å²) < 4.78 is 5.20. The second-order valence-electron chi connectivity index (χ2n) is 4.45. The van der Waals surface area contributed by atoms with Gasteiger partial charge in [0.25, 0.3) is 0 Å². The number of pyridine rings is 1. The van der Waals surface area contributed by atoms with Gasteiger partial charge in [-0.2, -0.15) is 0 Å². The molecule has 0 saturated carbocycles. The van der Waals surface area contributed by atoms with Crippen molar-refractivity contribution in [3.8, 4) is 10.6 Å². The van der Waals surface area contributed by atoms with Crippen LogP contribution in [-0.4, -0.2) is 15.9 Å². The average molecular weight is 331 g/mol. The first kappa shape index (κ1) is 14.7. The Morgan fingerprint density at radius 3 is 2.91 bits per heavy atom. The molecule has 2 aromatic heterocycles. The standard InChI is InChI=1S/C16H11ClN2O2S/c17-12-5-3-4-11(8-12)15-19-14(10-22-15)16(20)21-9-13-6-1-2-7-18-13/h1-8,10H,9H2. The zero-order valence-electron chi connectivity index (χ0n) is 11.4. The van der Waals surface area contributed by atoms with Gasteiger partial charge in [-0.15, -0.1) is 11.3 Å². The highest BCUT2D eigenvalue weighted by molar-refractivity contribution is 7.13. The summed E-state index contributed by atoms with van der Waals surface area (Å²) in [6, 6.07) is 12.8. The highest BCUT2D eigenvalue weighted by atomic mass is 35.5. The van der Waals surface area contributed by atoms with E-state index in [2.05, 4.69) is 9.97 Å². The first-order valence-corrected chi connectivity index (χ1v) is 7.76. The molecule has 3 aromatic rings. The molecule has 0 aliphatic rings. The maximum atomic E-state index is 12.0. The van der Waals surface area contributed by atoms with Crippen molar-refractivity contribution in [2.24, 2.45) is 0 Å². The van der Waals surface area contributed by atoms with E-state index in [0.29, 0.717) is 10.7 Å². The number of benzene rings is 1. The molecule has 0 spiro atoms. The number of hydrogen-bond acceptors (Lipinski definition) is 5. The van der Waals surface area contributed by atoms with E-state index in [4.69, 9.17) is 16.3 Å². The van der Waals surface area contributed by atoms with Gasteiger partial charge in [-0.3, -0.25) is 4.98 Å². The number of aromatic nitrogens is 2. The van der Waals surface area contributed by atoms with E-state index in [1.807, 2.05) is 30.3 Å². The molecule has 22 heavy (non-hydrogen) atoms. The molecule has 0 radical (unpaired) electrons. The third kappa shape index (κ3) is 3.50. The number of carbonyl (C=O) groups is 1. The van der Waals surface area contributed by atoms with Gasteiger partial charge < -0.3 is 4.74 Å². The lowest BCUT2D eigenvalue weighted by Gasteiger charge is -2.01. The smallest absolute Gasteiger partial charge is 0.358 e. The van der Waals surface area contributed by atoms with E-state index < -0.39 is 5.97 Å². The molecular weight excluding hydrogens is 320 g/mol. The number of thiazole rings is 1. The third-order valence-corrected chi connectivity index (χ3v) is 3.99. The van der Waals surface area contributed by atoms with Crippen molar-refractivity contribution in [3.05, 3.63) is 70.5 Å². The molecule has 0 bridgehead atoms. The summed E-state index contributed by atoms with van der Waals surface area (Å²) in [5.74, 6) is -0.463. The SMILES string of the molecule is O=C(OCc1ccccn1)c1csc(-c2cccc(Cl)c2)n1. The Morgan fingerprint density at radius 2 is 2.14 bits per heavy atom. The molecule has 6 heteroatoms. The Hall–Kier alpha value is -2.24. The Balaban J connectivity index is 1.69. The van der Waals surface area contributed by atoms with Crippen molar-refractivity contribution in [2.45, 2.75) is 6.61 Å². The summed E-state index contributed by atoms with van der Waals surface area (Å²) in [6.07, 6.45) is 1.66. The van der Waals surface area contributed by atoms with E-state index in [0.717, 1.165) is 10.6 Å². The molecule has 0 N–H and O–H groups in total. The monoisotopic (exact) mass is 330 g/mol.